The molecule has 0 saturated heterocycles. The largest absolute Gasteiger partial charge is 0.444 e. The van der Waals surface area contributed by atoms with Crippen LogP contribution in [0.25, 0.3) is 0 Å². The summed E-state index contributed by atoms with van der Waals surface area (Å²) in [5.74, 6) is 0. The van der Waals surface area contributed by atoms with Gasteiger partial charge in [0.15, 0.2) is 0 Å². The van der Waals surface area contributed by atoms with Crippen LogP contribution >= 0.6 is 27.5 Å². The molecule has 0 aliphatic carbocycles. The third-order valence-electron chi connectivity index (χ3n) is 2.14. The lowest BCUT2D eigenvalue weighted by Crippen LogP contribution is -2.33. The molecule has 0 fully saturated rings. The first-order chi connectivity index (χ1) is 8.20. The fourth-order valence-corrected chi connectivity index (χ4v) is 1.92. The van der Waals surface area contributed by atoms with Crippen molar-refractivity contribution >= 4 is 33.6 Å². The Bertz CT molecular complexity index is 443. The molecule has 100 valence electrons. The summed E-state index contributed by atoms with van der Waals surface area (Å²) in [5, 5.41) is 0.618. The first-order valence-electron chi connectivity index (χ1n) is 5.57. The van der Waals surface area contributed by atoms with Crippen LogP contribution in [-0.2, 0) is 11.3 Å². The van der Waals surface area contributed by atoms with E-state index in [4.69, 9.17) is 16.3 Å². The van der Waals surface area contributed by atoms with Crippen molar-refractivity contribution in [1.82, 2.24) is 4.90 Å². The Hall–Kier alpha value is -0.740. The van der Waals surface area contributed by atoms with Gasteiger partial charge in [0, 0.05) is 11.5 Å². The van der Waals surface area contributed by atoms with Crippen LogP contribution in [0.5, 0.6) is 0 Å². The number of nitrogens with zero attached hydrogens (tertiary/aromatic N) is 1. The van der Waals surface area contributed by atoms with Gasteiger partial charge >= 0.3 is 6.09 Å². The Labute approximate surface area is 121 Å². The average Bonchev–Trinajstić information content (AvgIpc) is 2.22. The summed E-state index contributed by atoms with van der Waals surface area (Å²) in [7, 11) is 1.69. The molecule has 0 bridgehead atoms. The smallest absolute Gasteiger partial charge is 0.410 e. The Morgan fingerprint density at radius 1 is 1.44 bits per heavy atom. The lowest BCUT2D eigenvalue weighted by molar-refractivity contribution is 0.0285. The van der Waals surface area contributed by atoms with Crippen molar-refractivity contribution in [2.24, 2.45) is 0 Å². The van der Waals surface area contributed by atoms with Crippen LogP contribution in [0.15, 0.2) is 22.7 Å². The van der Waals surface area contributed by atoms with Crippen molar-refractivity contribution in [3.8, 4) is 0 Å². The normalized spacial score (nSPS) is 11.2. The van der Waals surface area contributed by atoms with Crippen LogP contribution in [0.4, 0.5) is 4.79 Å². The fourth-order valence-electron chi connectivity index (χ4n) is 1.33. The second-order valence-corrected chi connectivity index (χ2v) is 6.28. The minimum absolute atomic E-state index is 0.362. The van der Waals surface area contributed by atoms with Gasteiger partial charge in [-0.25, -0.2) is 4.79 Å². The number of hydrogen-bond acceptors (Lipinski definition) is 2. The lowest BCUT2D eigenvalue weighted by atomic mass is 10.2. The summed E-state index contributed by atoms with van der Waals surface area (Å²) >= 11 is 9.50. The summed E-state index contributed by atoms with van der Waals surface area (Å²) in [6, 6.07) is 5.63. The van der Waals surface area contributed by atoms with Gasteiger partial charge in [0.2, 0.25) is 0 Å². The molecule has 0 radical (unpaired) electrons. The zero-order valence-electron chi connectivity index (χ0n) is 11.0. The molecule has 18 heavy (non-hydrogen) atoms. The maximum atomic E-state index is 11.8. The molecule has 0 atom stereocenters. The number of carbonyl (C=O) groups excluding carboxylic acids is 1. The molecular formula is C13H17BrClNO2. The summed E-state index contributed by atoms with van der Waals surface area (Å²) in [5.41, 5.74) is 0.381. The number of benzene rings is 1. The van der Waals surface area contributed by atoms with E-state index >= 15 is 0 Å². The topological polar surface area (TPSA) is 29.5 Å². The van der Waals surface area contributed by atoms with E-state index in [1.54, 1.807) is 7.05 Å². The molecule has 0 spiro atoms. The molecule has 1 rings (SSSR count). The monoisotopic (exact) mass is 333 g/mol. The molecule has 1 aromatic carbocycles. The zero-order valence-corrected chi connectivity index (χ0v) is 13.3. The van der Waals surface area contributed by atoms with Crippen molar-refractivity contribution in [1.29, 1.82) is 0 Å². The van der Waals surface area contributed by atoms with Crippen LogP contribution in [0.3, 0.4) is 0 Å². The van der Waals surface area contributed by atoms with Crippen LogP contribution in [0, 0.1) is 0 Å². The van der Waals surface area contributed by atoms with Crippen molar-refractivity contribution in [3.63, 3.8) is 0 Å². The second kappa shape index (κ2) is 5.93. The molecule has 0 saturated carbocycles. The van der Waals surface area contributed by atoms with E-state index in [9.17, 15) is 4.79 Å². The van der Waals surface area contributed by atoms with Gasteiger partial charge < -0.3 is 9.64 Å². The molecule has 0 heterocycles. The van der Waals surface area contributed by atoms with Crippen molar-refractivity contribution in [2.75, 3.05) is 7.05 Å². The van der Waals surface area contributed by atoms with Gasteiger partial charge in [-0.2, -0.15) is 0 Å². The molecule has 5 heteroatoms. The number of halogens is 2. The Balaban J connectivity index is 2.73. The van der Waals surface area contributed by atoms with E-state index in [0.717, 1.165) is 10.0 Å². The molecule has 0 aliphatic rings. The first kappa shape index (κ1) is 15.3. The highest BCUT2D eigenvalue weighted by atomic mass is 79.9. The zero-order chi connectivity index (χ0) is 13.9. The minimum atomic E-state index is -0.494. The average molecular weight is 335 g/mol. The highest BCUT2D eigenvalue weighted by molar-refractivity contribution is 9.10. The molecular weight excluding hydrogens is 318 g/mol. The Kier molecular flexibility index (Phi) is 5.05. The van der Waals surface area contributed by atoms with Gasteiger partial charge in [-0.3, -0.25) is 0 Å². The molecule has 1 amide bonds. The molecule has 3 nitrogen and oxygen atoms in total. The van der Waals surface area contributed by atoms with Gasteiger partial charge in [0.1, 0.15) is 5.60 Å². The molecule has 0 aliphatic heterocycles. The van der Waals surface area contributed by atoms with Crippen LogP contribution in [0.1, 0.15) is 26.3 Å². The molecule has 0 N–H and O–H groups in total. The third kappa shape index (κ3) is 4.50. The summed E-state index contributed by atoms with van der Waals surface area (Å²) in [6.07, 6.45) is -0.362. The van der Waals surface area contributed by atoms with Gasteiger partial charge in [0.05, 0.1) is 11.6 Å². The first-order valence-corrected chi connectivity index (χ1v) is 6.75. The number of carbonyl (C=O) groups is 1. The van der Waals surface area contributed by atoms with Crippen molar-refractivity contribution in [3.05, 3.63) is 33.3 Å². The summed E-state index contributed by atoms with van der Waals surface area (Å²) in [6.45, 7) is 5.92. The van der Waals surface area contributed by atoms with Gasteiger partial charge in [-0.05, 0) is 48.3 Å². The summed E-state index contributed by atoms with van der Waals surface area (Å²) in [4.78, 5) is 13.3. The van der Waals surface area contributed by atoms with E-state index in [1.807, 2.05) is 39.0 Å². The highest BCUT2D eigenvalue weighted by Gasteiger charge is 2.20. The Morgan fingerprint density at radius 2 is 2.06 bits per heavy atom. The van der Waals surface area contributed by atoms with E-state index in [1.165, 1.54) is 4.90 Å². The molecule has 1 aromatic rings. The molecule has 0 unspecified atom stereocenters. The maximum Gasteiger partial charge on any atom is 0.410 e. The highest BCUT2D eigenvalue weighted by Crippen LogP contribution is 2.27. The van der Waals surface area contributed by atoms with Gasteiger partial charge in [-0.15, -0.1) is 0 Å². The maximum absolute atomic E-state index is 11.8. The third-order valence-corrected chi connectivity index (χ3v) is 3.48. The predicted molar refractivity (Wildman–Crippen MR) is 76.9 cm³/mol. The van der Waals surface area contributed by atoms with E-state index in [-0.39, 0.29) is 6.09 Å². The SMILES string of the molecule is CN(Cc1cccc(Br)c1Cl)C(=O)OC(C)(C)C. The van der Waals surface area contributed by atoms with E-state index < -0.39 is 5.60 Å². The van der Waals surface area contributed by atoms with Crippen LogP contribution in [-0.4, -0.2) is 23.6 Å². The number of ether oxygens (including phenoxy) is 1. The number of rotatable bonds is 2. The van der Waals surface area contributed by atoms with E-state index in [0.29, 0.717) is 11.6 Å². The molecule has 0 aromatic heterocycles. The Morgan fingerprint density at radius 3 is 2.61 bits per heavy atom. The quantitative estimate of drug-likeness (QED) is 0.798. The summed E-state index contributed by atoms with van der Waals surface area (Å²) < 4.78 is 6.09. The van der Waals surface area contributed by atoms with E-state index in [2.05, 4.69) is 15.9 Å². The van der Waals surface area contributed by atoms with Crippen LogP contribution < -0.4 is 0 Å². The minimum Gasteiger partial charge on any atom is -0.444 e. The second-order valence-electron chi connectivity index (χ2n) is 5.05. The standard InChI is InChI=1S/C13H17BrClNO2/c1-13(2,3)18-12(17)16(4)8-9-6-5-7-10(14)11(9)15/h5-7H,8H2,1-4H3. The predicted octanol–water partition coefficient (Wildman–Crippen LogP) is 4.47. The fraction of sp³-hybridized carbons (Fsp3) is 0.462. The van der Waals surface area contributed by atoms with Gasteiger partial charge in [-0.1, -0.05) is 23.7 Å². The van der Waals surface area contributed by atoms with Crippen molar-refractivity contribution < 1.29 is 9.53 Å². The van der Waals surface area contributed by atoms with Gasteiger partial charge in [0.25, 0.3) is 0 Å². The number of hydrogen-bond donors (Lipinski definition) is 0. The van der Waals surface area contributed by atoms with Crippen molar-refractivity contribution in [2.45, 2.75) is 32.9 Å². The van der Waals surface area contributed by atoms with Crippen LogP contribution in [0.2, 0.25) is 5.02 Å². The number of amides is 1. The lowest BCUT2D eigenvalue weighted by Gasteiger charge is -2.25.